The van der Waals surface area contributed by atoms with Crippen LogP contribution in [0.15, 0.2) is 18.2 Å². The zero-order chi connectivity index (χ0) is 21.1. The highest BCUT2D eigenvalue weighted by Crippen LogP contribution is 2.32. The summed E-state index contributed by atoms with van der Waals surface area (Å²) in [4.78, 5) is 24.1. The van der Waals surface area contributed by atoms with Gasteiger partial charge >= 0.3 is 0 Å². The van der Waals surface area contributed by atoms with Gasteiger partial charge in [-0.3, -0.25) is 4.79 Å². The minimum absolute atomic E-state index is 0.0264. The average molecular weight is 406 g/mol. The Labute approximate surface area is 176 Å². The summed E-state index contributed by atoms with van der Waals surface area (Å²) in [6, 6.07) is 7.26. The molecule has 2 heterocycles. The van der Waals surface area contributed by atoms with Crippen LogP contribution < -0.4 is 21.3 Å². The van der Waals surface area contributed by atoms with E-state index < -0.39 is 0 Å². The van der Waals surface area contributed by atoms with Crippen molar-refractivity contribution in [3.05, 3.63) is 35.0 Å². The van der Waals surface area contributed by atoms with Gasteiger partial charge in [0, 0.05) is 37.1 Å². The molecular weight excluding hydrogens is 378 g/mol. The summed E-state index contributed by atoms with van der Waals surface area (Å²) in [7, 11) is 1.69. The second-order valence-corrected chi connectivity index (χ2v) is 7.98. The molecule has 2 aromatic rings. The number of carbonyl (C=O) groups is 1. The largest absolute Gasteiger partial charge is 0.399 e. The number of nitrogens with one attached hydrogen (secondary N) is 2. The van der Waals surface area contributed by atoms with Gasteiger partial charge in [-0.25, -0.2) is 4.98 Å². The van der Waals surface area contributed by atoms with Gasteiger partial charge in [-0.1, -0.05) is 0 Å². The van der Waals surface area contributed by atoms with Gasteiger partial charge in [0.15, 0.2) is 0 Å². The number of carbonyl (C=O) groups excluding carboxylic acids is 1. The van der Waals surface area contributed by atoms with Crippen molar-refractivity contribution >= 4 is 29.0 Å². The van der Waals surface area contributed by atoms with Crippen molar-refractivity contribution in [3.8, 4) is 6.07 Å². The summed E-state index contributed by atoms with van der Waals surface area (Å²) in [6.07, 6.45) is 5.98. The molecule has 1 aliphatic carbocycles. The minimum Gasteiger partial charge on any atom is -0.399 e. The number of nitrogens with two attached hydrogens (primary N) is 1. The first-order valence-corrected chi connectivity index (χ1v) is 10.5. The molecule has 1 saturated heterocycles. The maximum atomic E-state index is 12.2. The lowest BCUT2D eigenvalue weighted by atomic mass is 9.93. The van der Waals surface area contributed by atoms with Gasteiger partial charge in [0.05, 0.1) is 23.2 Å². The van der Waals surface area contributed by atoms with Crippen LogP contribution in [-0.4, -0.2) is 36.0 Å². The van der Waals surface area contributed by atoms with Gasteiger partial charge in [0.2, 0.25) is 11.9 Å². The number of fused-ring (bicyclic) bond motifs is 1. The molecule has 8 nitrogen and oxygen atoms in total. The molecule has 0 spiro atoms. The Bertz CT molecular complexity index is 998. The van der Waals surface area contributed by atoms with E-state index in [-0.39, 0.29) is 11.8 Å². The number of rotatable bonds is 4. The number of hydrogen-bond acceptors (Lipinski definition) is 7. The molecule has 1 amide bonds. The molecule has 8 heteroatoms. The van der Waals surface area contributed by atoms with Crippen LogP contribution in [0.4, 0.5) is 23.1 Å². The molecule has 0 saturated carbocycles. The van der Waals surface area contributed by atoms with Crippen molar-refractivity contribution in [2.75, 3.05) is 36.1 Å². The summed E-state index contributed by atoms with van der Waals surface area (Å²) in [5.74, 6) is 1.49. The lowest BCUT2D eigenvalue weighted by Crippen LogP contribution is -2.43. The molecule has 1 aromatic heterocycles. The van der Waals surface area contributed by atoms with Crippen molar-refractivity contribution < 1.29 is 4.79 Å². The molecular formula is C22H27N7O. The van der Waals surface area contributed by atoms with Crippen LogP contribution in [0.5, 0.6) is 0 Å². The Morgan fingerprint density at radius 3 is 2.87 bits per heavy atom. The van der Waals surface area contributed by atoms with E-state index in [1.54, 1.807) is 25.2 Å². The third kappa shape index (κ3) is 4.15. The zero-order valence-corrected chi connectivity index (χ0v) is 17.2. The Morgan fingerprint density at radius 1 is 1.23 bits per heavy atom. The van der Waals surface area contributed by atoms with Gasteiger partial charge in [0.1, 0.15) is 5.82 Å². The Balaban J connectivity index is 1.68. The van der Waals surface area contributed by atoms with E-state index in [0.29, 0.717) is 29.4 Å². The standard InChI is InChI=1S/C22H27N7O/c1-25-21(30)15-5-4-8-29(13-15)20-18-6-2-3-7-19(18)27-22(28-20)26-17-10-14(12-23)9-16(24)11-17/h9-11,15H,2-8,13,24H2,1H3,(H,25,30)(H,26,27,28)/t15-/m1/s1. The Morgan fingerprint density at radius 2 is 2.07 bits per heavy atom. The summed E-state index contributed by atoms with van der Waals surface area (Å²) in [5, 5.41) is 15.2. The first-order chi connectivity index (χ1) is 14.6. The van der Waals surface area contributed by atoms with Crippen LogP contribution in [0.1, 0.15) is 42.5 Å². The number of benzene rings is 1. The van der Waals surface area contributed by atoms with Gasteiger partial charge < -0.3 is 21.3 Å². The molecule has 30 heavy (non-hydrogen) atoms. The maximum absolute atomic E-state index is 12.2. The molecule has 2 aliphatic rings. The van der Waals surface area contributed by atoms with Crippen molar-refractivity contribution in [1.82, 2.24) is 15.3 Å². The normalized spacial score (nSPS) is 18.3. The SMILES string of the molecule is CNC(=O)[C@@H]1CCCN(c2nc(Nc3cc(N)cc(C#N)c3)nc3c2CCCC3)C1. The highest BCUT2D eigenvalue weighted by atomic mass is 16.1. The van der Waals surface area contributed by atoms with Crippen LogP contribution >= 0.6 is 0 Å². The first-order valence-electron chi connectivity index (χ1n) is 10.5. The lowest BCUT2D eigenvalue weighted by Gasteiger charge is -2.35. The molecule has 4 N–H and O–H groups in total. The number of piperidine rings is 1. The fourth-order valence-corrected chi connectivity index (χ4v) is 4.40. The smallest absolute Gasteiger partial charge is 0.229 e. The zero-order valence-electron chi connectivity index (χ0n) is 17.2. The predicted molar refractivity (Wildman–Crippen MR) is 117 cm³/mol. The highest BCUT2D eigenvalue weighted by molar-refractivity contribution is 5.79. The lowest BCUT2D eigenvalue weighted by molar-refractivity contribution is -0.124. The van der Waals surface area contributed by atoms with Gasteiger partial charge in [-0.05, 0) is 56.7 Å². The summed E-state index contributed by atoms with van der Waals surface area (Å²) >= 11 is 0. The average Bonchev–Trinajstić information content (AvgIpc) is 2.77. The number of nitrogen functional groups attached to an aromatic ring is 1. The number of amides is 1. The monoisotopic (exact) mass is 405 g/mol. The topological polar surface area (TPSA) is 120 Å². The minimum atomic E-state index is -0.0264. The molecule has 0 unspecified atom stereocenters. The van der Waals surface area contributed by atoms with Crippen LogP contribution in [-0.2, 0) is 17.6 Å². The molecule has 1 aliphatic heterocycles. The Kier molecular flexibility index (Phi) is 5.70. The molecule has 156 valence electrons. The molecule has 1 atom stereocenters. The second kappa shape index (κ2) is 8.57. The number of aryl methyl sites for hydroxylation is 1. The maximum Gasteiger partial charge on any atom is 0.229 e. The third-order valence-corrected chi connectivity index (χ3v) is 5.84. The van der Waals surface area contributed by atoms with Crippen molar-refractivity contribution in [2.45, 2.75) is 38.5 Å². The summed E-state index contributed by atoms with van der Waals surface area (Å²) < 4.78 is 0. The summed E-state index contributed by atoms with van der Waals surface area (Å²) in [6.45, 7) is 1.55. The van der Waals surface area contributed by atoms with Crippen LogP contribution in [0.25, 0.3) is 0 Å². The molecule has 1 fully saturated rings. The van der Waals surface area contributed by atoms with E-state index in [9.17, 15) is 10.1 Å². The number of anilines is 4. The van der Waals surface area contributed by atoms with E-state index in [1.807, 2.05) is 0 Å². The number of nitriles is 1. The highest BCUT2D eigenvalue weighted by Gasteiger charge is 2.29. The predicted octanol–water partition coefficient (Wildman–Crippen LogP) is 2.52. The van der Waals surface area contributed by atoms with Crippen LogP contribution in [0.2, 0.25) is 0 Å². The Hall–Kier alpha value is -3.34. The summed E-state index contributed by atoms with van der Waals surface area (Å²) in [5.41, 5.74) is 9.89. The number of nitrogens with zero attached hydrogens (tertiary/aromatic N) is 4. The van der Waals surface area contributed by atoms with E-state index in [1.165, 1.54) is 5.56 Å². The van der Waals surface area contributed by atoms with Crippen molar-refractivity contribution in [2.24, 2.45) is 5.92 Å². The van der Waals surface area contributed by atoms with Crippen LogP contribution in [0.3, 0.4) is 0 Å². The first kappa shape index (κ1) is 20.0. The fraction of sp³-hybridized carbons (Fsp3) is 0.455. The van der Waals surface area contributed by atoms with Gasteiger partial charge in [-0.15, -0.1) is 0 Å². The molecule has 0 bridgehead atoms. The second-order valence-electron chi connectivity index (χ2n) is 7.98. The van der Waals surface area contributed by atoms with E-state index in [4.69, 9.17) is 15.7 Å². The van der Waals surface area contributed by atoms with E-state index >= 15 is 0 Å². The van der Waals surface area contributed by atoms with E-state index in [0.717, 1.165) is 56.6 Å². The number of aromatic nitrogens is 2. The third-order valence-electron chi connectivity index (χ3n) is 5.84. The van der Waals surface area contributed by atoms with Crippen LogP contribution in [0, 0.1) is 17.2 Å². The van der Waals surface area contributed by atoms with Crippen molar-refractivity contribution in [1.29, 1.82) is 5.26 Å². The van der Waals surface area contributed by atoms with E-state index in [2.05, 4.69) is 21.6 Å². The quantitative estimate of drug-likeness (QED) is 0.669. The molecule has 0 radical (unpaired) electrons. The van der Waals surface area contributed by atoms with Gasteiger partial charge in [-0.2, -0.15) is 10.2 Å². The molecule has 4 rings (SSSR count). The van der Waals surface area contributed by atoms with Crippen molar-refractivity contribution in [3.63, 3.8) is 0 Å². The fourth-order valence-electron chi connectivity index (χ4n) is 4.40. The van der Waals surface area contributed by atoms with Gasteiger partial charge in [0.25, 0.3) is 0 Å². The number of hydrogen-bond donors (Lipinski definition) is 3. The molecule has 1 aromatic carbocycles.